The maximum atomic E-state index is 12.0. The Morgan fingerprint density at radius 1 is 1.18 bits per heavy atom. The quantitative estimate of drug-likeness (QED) is 0.352. The monoisotopic (exact) mass is 238 g/mol. The molecular formula is C14H22O3. The highest BCUT2D eigenvalue weighted by Gasteiger charge is 2.43. The van der Waals surface area contributed by atoms with Crippen LogP contribution < -0.4 is 0 Å². The molecule has 0 aromatic rings. The smallest absolute Gasteiger partial charge is 0.319 e. The van der Waals surface area contributed by atoms with Crippen molar-refractivity contribution in [3.8, 4) is 0 Å². The molecule has 0 heterocycles. The third-order valence-electron chi connectivity index (χ3n) is 2.89. The van der Waals surface area contributed by atoms with Gasteiger partial charge in [-0.05, 0) is 39.5 Å². The number of carbonyl (C=O) groups is 2. The standard InChI is InChI=1S/C14H22O3/c1-5-8-10-14(12(4)15,11-9-6-2)13(16)17-7-3/h5-6H,1-2,7-11H2,3-4H3. The molecule has 0 amide bonds. The first-order valence-corrected chi connectivity index (χ1v) is 5.95. The molecule has 3 heteroatoms. The van der Waals surface area contributed by atoms with E-state index in [1.165, 1.54) is 6.92 Å². The molecule has 0 rings (SSSR count). The van der Waals surface area contributed by atoms with Crippen molar-refractivity contribution >= 4 is 11.8 Å². The van der Waals surface area contributed by atoms with Crippen molar-refractivity contribution in [1.82, 2.24) is 0 Å². The predicted octanol–water partition coefficient (Wildman–Crippen LogP) is 3.06. The zero-order chi connectivity index (χ0) is 13.3. The molecule has 0 N–H and O–H groups in total. The lowest BCUT2D eigenvalue weighted by Crippen LogP contribution is -2.39. The highest BCUT2D eigenvalue weighted by Crippen LogP contribution is 2.33. The molecule has 0 spiro atoms. The second-order valence-corrected chi connectivity index (χ2v) is 4.01. The van der Waals surface area contributed by atoms with Gasteiger partial charge in [-0.2, -0.15) is 0 Å². The maximum Gasteiger partial charge on any atom is 0.319 e. The number of hydrogen-bond donors (Lipinski definition) is 0. The first kappa shape index (κ1) is 15.6. The molecule has 0 atom stereocenters. The van der Waals surface area contributed by atoms with Crippen molar-refractivity contribution in [2.24, 2.45) is 5.41 Å². The molecule has 0 aliphatic rings. The van der Waals surface area contributed by atoms with Gasteiger partial charge < -0.3 is 4.74 Å². The van der Waals surface area contributed by atoms with Gasteiger partial charge in [-0.1, -0.05) is 12.2 Å². The summed E-state index contributed by atoms with van der Waals surface area (Å²) in [5.41, 5.74) is -1.03. The van der Waals surface area contributed by atoms with Gasteiger partial charge in [0.25, 0.3) is 0 Å². The molecule has 96 valence electrons. The van der Waals surface area contributed by atoms with Crippen molar-refractivity contribution in [3.05, 3.63) is 25.3 Å². The van der Waals surface area contributed by atoms with Gasteiger partial charge in [0.05, 0.1) is 6.61 Å². The Morgan fingerprint density at radius 2 is 1.65 bits per heavy atom. The van der Waals surface area contributed by atoms with E-state index in [4.69, 9.17) is 4.74 Å². The molecule has 0 aliphatic carbocycles. The molecular weight excluding hydrogens is 216 g/mol. The average Bonchev–Trinajstić information content (AvgIpc) is 2.29. The summed E-state index contributed by atoms with van der Waals surface area (Å²) in [4.78, 5) is 23.8. The van der Waals surface area contributed by atoms with Crippen LogP contribution in [0.15, 0.2) is 25.3 Å². The van der Waals surface area contributed by atoms with Crippen LogP contribution in [0.3, 0.4) is 0 Å². The Labute approximate surface area is 104 Å². The summed E-state index contributed by atoms with van der Waals surface area (Å²) in [5, 5.41) is 0. The van der Waals surface area contributed by atoms with E-state index >= 15 is 0 Å². The van der Waals surface area contributed by atoms with E-state index in [2.05, 4.69) is 13.2 Å². The van der Waals surface area contributed by atoms with E-state index in [-0.39, 0.29) is 12.4 Å². The molecule has 0 saturated heterocycles. The molecule has 0 fully saturated rings. The predicted molar refractivity (Wildman–Crippen MR) is 68.6 cm³/mol. The van der Waals surface area contributed by atoms with E-state index in [9.17, 15) is 9.59 Å². The minimum atomic E-state index is -1.03. The van der Waals surface area contributed by atoms with Crippen molar-refractivity contribution < 1.29 is 14.3 Å². The molecule has 0 bridgehead atoms. The van der Waals surface area contributed by atoms with Crippen LogP contribution in [-0.2, 0) is 14.3 Å². The van der Waals surface area contributed by atoms with E-state index in [0.29, 0.717) is 25.7 Å². The molecule has 0 unspecified atom stereocenters. The Bertz CT molecular complexity index is 280. The van der Waals surface area contributed by atoms with Gasteiger partial charge in [0.15, 0.2) is 0 Å². The maximum absolute atomic E-state index is 12.0. The molecule has 0 radical (unpaired) electrons. The number of rotatable bonds is 9. The van der Waals surface area contributed by atoms with E-state index in [1.807, 2.05) is 0 Å². The Kier molecular flexibility index (Phi) is 7.19. The SMILES string of the molecule is C=CCCC(CCC=C)(C(C)=O)C(=O)OCC. The summed E-state index contributed by atoms with van der Waals surface area (Å²) in [6.45, 7) is 10.7. The molecule has 0 aromatic heterocycles. The minimum Gasteiger partial charge on any atom is -0.465 e. The lowest BCUT2D eigenvalue weighted by molar-refractivity contribution is -0.160. The summed E-state index contributed by atoms with van der Waals surface area (Å²) in [6, 6.07) is 0. The normalized spacial score (nSPS) is 10.7. The highest BCUT2D eigenvalue weighted by molar-refractivity contribution is 6.02. The first-order valence-electron chi connectivity index (χ1n) is 5.95. The van der Waals surface area contributed by atoms with Crippen LogP contribution in [-0.4, -0.2) is 18.4 Å². The van der Waals surface area contributed by atoms with Crippen LogP contribution >= 0.6 is 0 Å². The van der Waals surface area contributed by atoms with E-state index < -0.39 is 11.4 Å². The lowest BCUT2D eigenvalue weighted by atomic mass is 9.75. The first-order chi connectivity index (χ1) is 8.05. The topological polar surface area (TPSA) is 43.4 Å². The van der Waals surface area contributed by atoms with Crippen LogP contribution in [0.5, 0.6) is 0 Å². The summed E-state index contributed by atoms with van der Waals surface area (Å²) >= 11 is 0. The van der Waals surface area contributed by atoms with Crippen molar-refractivity contribution in [2.45, 2.75) is 39.5 Å². The van der Waals surface area contributed by atoms with Gasteiger partial charge >= 0.3 is 5.97 Å². The van der Waals surface area contributed by atoms with Crippen LogP contribution in [0.1, 0.15) is 39.5 Å². The lowest BCUT2D eigenvalue weighted by Gasteiger charge is -2.28. The molecule has 17 heavy (non-hydrogen) atoms. The van der Waals surface area contributed by atoms with Gasteiger partial charge in [0.2, 0.25) is 0 Å². The summed E-state index contributed by atoms with van der Waals surface area (Å²) in [5.74, 6) is -0.559. The van der Waals surface area contributed by atoms with E-state index in [0.717, 1.165) is 0 Å². The minimum absolute atomic E-state index is 0.139. The number of allylic oxidation sites excluding steroid dienone is 2. The highest BCUT2D eigenvalue weighted by atomic mass is 16.5. The van der Waals surface area contributed by atoms with Crippen LogP contribution in [0.2, 0.25) is 0 Å². The molecule has 0 aromatic carbocycles. The number of hydrogen-bond acceptors (Lipinski definition) is 3. The number of ether oxygens (including phenoxy) is 1. The largest absolute Gasteiger partial charge is 0.465 e. The van der Waals surface area contributed by atoms with Crippen LogP contribution in [0, 0.1) is 5.41 Å². The third-order valence-corrected chi connectivity index (χ3v) is 2.89. The Morgan fingerprint density at radius 3 is 1.94 bits per heavy atom. The van der Waals surface area contributed by atoms with Gasteiger partial charge in [-0.15, -0.1) is 13.2 Å². The molecule has 0 aliphatic heterocycles. The number of Topliss-reactive ketones (excluding diaryl/α,β-unsaturated/α-hetero) is 1. The van der Waals surface area contributed by atoms with E-state index in [1.54, 1.807) is 19.1 Å². The number of ketones is 1. The Balaban J connectivity index is 5.06. The zero-order valence-electron chi connectivity index (χ0n) is 10.8. The molecule has 3 nitrogen and oxygen atoms in total. The fraction of sp³-hybridized carbons (Fsp3) is 0.571. The molecule has 0 saturated carbocycles. The Hall–Kier alpha value is -1.38. The van der Waals surface area contributed by atoms with Crippen molar-refractivity contribution in [2.75, 3.05) is 6.61 Å². The second kappa shape index (κ2) is 7.82. The number of esters is 1. The summed E-state index contributed by atoms with van der Waals surface area (Å²) in [7, 11) is 0. The number of carbonyl (C=O) groups excluding carboxylic acids is 2. The fourth-order valence-corrected chi connectivity index (χ4v) is 1.79. The third kappa shape index (κ3) is 4.17. The average molecular weight is 238 g/mol. The fourth-order valence-electron chi connectivity index (χ4n) is 1.79. The van der Waals surface area contributed by atoms with Crippen LogP contribution in [0.4, 0.5) is 0 Å². The van der Waals surface area contributed by atoms with Crippen LogP contribution in [0.25, 0.3) is 0 Å². The van der Waals surface area contributed by atoms with Crippen molar-refractivity contribution in [3.63, 3.8) is 0 Å². The zero-order valence-corrected chi connectivity index (χ0v) is 10.8. The summed E-state index contributed by atoms with van der Waals surface area (Å²) in [6.07, 6.45) is 5.58. The van der Waals surface area contributed by atoms with Gasteiger partial charge in [0, 0.05) is 0 Å². The van der Waals surface area contributed by atoms with Gasteiger partial charge in [-0.3, -0.25) is 9.59 Å². The van der Waals surface area contributed by atoms with Gasteiger partial charge in [-0.25, -0.2) is 0 Å². The van der Waals surface area contributed by atoms with Crippen molar-refractivity contribution in [1.29, 1.82) is 0 Å². The van der Waals surface area contributed by atoms with Gasteiger partial charge in [0.1, 0.15) is 11.2 Å². The second-order valence-electron chi connectivity index (χ2n) is 4.01. The summed E-state index contributed by atoms with van der Waals surface area (Å²) < 4.78 is 5.03.